The van der Waals surface area contributed by atoms with Gasteiger partial charge in [0.1, 0.15) is 5.01 Å². The molecule has 0 fully saturated rings. The van der Waals surface area contributed by atoms with E-state index in [4.69, 9.17) is 0 Å². The second-order valence-electron chi connectivity index (χ2n) is 3.40. The number of carbonyl (C=O) groups is 1. The molecule has 0 saturated heterocycles. The molecule has 0 bridgehead atoms. The van der Waals surface area contributed by atoms with Crippen molar-refractivity contribution in [1.82, 2.24) is 10.2 Å². The summed E-state index contributed by atoms with van der Waals surface area (Å²) < 4.78 is 0.868. The van der Waals surface area contributed by atoms with Crippen molar-refractivity contribution in [1.29, 1.82) is 0 Å². The average molecular weight is 391 g/mol. The smallest absolute Gasteiger partial charge is 0.257 e. The monoisotopic (exact) mass is 389 g/mol. The van der Waals surface area contributed by atoms with Crippen LogP contribution in [0.15, 0.2) is 28.7 Å². The van der Waals surface area contributed by atoms with Gasteiger partial charge in [-0.05, 0) is 18.2 Å². The Balaban J connectivity index is 2.06. The van der Waals surface area contributed by atoms with Gasteiger partial charge in [-0.3, -0.25) is 10.1 Å². The van der Waals surface area contributed by atoms with Crippen LogP contribution in [0.5, 0.6) is 0 Å². The normalized spacial score (nSPS) is 10.3. The number of nitrogens with zero attached hydrogens (tertiary/aromatic N) is 2. The first-order valence-electron chi connectivity index (χ1n) is 5.14. The van der Waals surface area contributed by atoms with E-state index in [1.54, 1.807) is 12.1 Å². The number of benzene rings is 1. The van der Waals surface area contributed by atoms with Gasteiger partial charge >= 0.3 is 0 Å². The Morgan fingerprint density at radius 1 is 1.39 bits per heavy atom. The van der Waals surface area contributed by atoms with Crippen molar-refractivity contribution < 1.29 is 4.79 Å². The van der Waals surface area contributed by atoms with E-state index in [-0.39, 0.29) is 5.91 Å². The van der Waals surface area contributed by atoms with Crippen molar-refractivity contribution in [3.63, 3.8) is 0 Å². The number of alkyl halides is 1. The first-order valence-corrected chi connectivity index (χ1v) is 7.87. The molecule has 18 heavy (non-hydrogen) atoms. The Morgan fingerprint density at radius 3 is 2.94 bits per heavy atom. The number of hydrogen-bond acceptors (Lipinski definition) is 4. The third kappa shape index (κ3) is 3.60. The molecular formula is C11H9Br2N3OS. The highest BCUT2D eigenvalue weighted by Crippen LogP contribution is 2.18. The Labute approximate surface area is 125 Å². The summed E-state index contributed by atoms with van der Waals surface area (Å²) in [6.45, 7) is 0. The van der Waals surface area contributed by atoms with E-state index in [1.165, 1.54) is 11.3 Å². The Hall–Kier alpha value is -0.790. The maximum absolute atomic E-state index is 11.9. The van der Waals surface area contributed by atoms with E-state index >= 15 is 0 Å². The van der Waals surface area contributed by atoms with Gasteiger partial charge in [0, 0.05) is 21.8 Å². The Kier molecular flexibility index (Phi) is 4.85. The number of nitrogens with one attached hydrogen (secondary N) is 1. The van der Waals surface area contributed by atoms with E-state index in [0.29, 0.717) is 10.7 Å². The molecule has 1 aromatic carbocycles. The molecule has 1 aromatic heterocycles. The summed E-state index contributed by atoms with van der Waals surface area (Å²) in [6.07, 6.45) is 0.810. The fraction of sp³-hybridized carbons (Fsp3) is 0.182. The van der Waals surface area contributed by atoms with Gasteiger partial charge in [-0.25, -0.2) is 0 Å². The van der Waals surface area contributed by atoms with Crippen LogP contribution in [0.4, 0.5) is 5.13 Å². The van der Waals surface area contributed by atoms with Crippen molar-refractivity contribution in [3.8, 4) is 0 Å². The molecule has 94 valence electrons. The number of anilines is 1. The van der Waals surface area contributed by atoms with E-state index in [9.17, 15) is 4.79 Å². The third-order valence-corrected chi connectivity index (χ3v) is 3.87. The molecule has 7 heteroatoms. The maximum atomic E-state index is 11.9. The SMILES string of the molecule is O=C(Nc1nnc(CCBr)s1)c1cccc(Br)c1. The average Bonchev–Trinajstić information content (AvgIpc) is 2.77. The second kappa shape index (κ2) is 6.40. The van der Waals surface area contributed by atoms with Crippen molar-refractivity contribution in [2.24, 2.45) is 0 Å². The van der Waals surface area contributed by atoms with E-state index in [0.717, 1.165) is 21.2 Å². The molecule has 1 amide bonds. The number of hydrogen-bond donors (Lipinski definition) is 1. The quantitative estimate of drug-likeness (QED) is 0.813. The lowest BCUT2D eigenvalue weighted by Gasteiger charge is -2.01. The highest BCUT2D eigenvalue weighted by molar-refractivity contribution is 9.10. The zero-order valence-corrected chi connectivity index (χ0v) is 13.2. The highest BCUT2D eigenvalue weighted by atomic mass is 79.9. The first-order chi connectivity index (χ1) is 8.69. The number of aromatic nitrogens is 2. The van der Waals surface area contributed by atoms with Gasteiger partial charge in [-0.2, -0.15) is 0 Å². The predicted octanol–water partition coefficient (Wildman–Crippen LogP) is 3.49. The first kappa shape index (κ1) is 13.6. The molecule has 4 nitrogen and oxygen atoms in total. The summed E-state index contributed by atoms with van der Waals surface area (Å²) >= 11 is 8.06. The fourth-order valence-electron chi connectivity index (χ4n) is 1.28. The zero-order chi connectivity index (χ0) is 13.0. The number of aryl methyl sites for hydroxylation is 1. The summed E-state index contributed by atoms with van der Waals surface area (Å²) in [5.41, 5.74) is 0.585. The van der Waals surface area contributed by atoms with Crippen LogP contribution in [0.2, 0.25) is 0 Å². The van der Waals surface area contributed by atoms with Crippen LogP contribution >= 0.6 is 43.2 Å². The van der Waals surface area contributed by atoms with Crippen LogP contribution in [-0.2, 0) is 6.42 Å². The maximum Gasteiger partial charge on any atom is 0.257 e. The van der Waals surface area contributed by atoms with E-state index in [1.807, 2.05) is 12.1 Å². The number of rotatable bonds is 4. The molecular weight excluding hydrogens is 382 g/mol. The lowest BCUT2D eigenvalue weighted by Crippen LogP contribution is -2.11. The van der Waals surface area contributed by atoms with Crippen LogP contribution in [0.3, 0.4) is 0 Å². The molecule has 0 atom stereocenters. The second-order valence-corrected chi connectivity index (χ2v) is 6.18. The van der Waals surface area contributed by atoms with Gasteiger partial charge in [0.25, 0.3) is 5.91 Å². The van der Waals surface area contributed by atoms with E-state index in [2.05, 4.69) is 47.4 Å². The van der Waals surface area contributed by atoms with Gasteiger partial charge in [-0.15, -0.1) is 10.2 Å². The Morgan fingerprint density at radius 2 is 2.22 bits per heavy atom. The molecule has 2 rings (SSSR count). The molecule has 0 unspecified atom stereocenters. The number of amides is 1. The Bertz CT molecular complexity index is 559. The van der Waals surface area contributed by atoms with Crippen LogP contribution in [0, 0.1) is 0 Å². The summed E-state index contributed by atoms with van der Waals surface area (Å²) in [6, 6.07) is 7.20. The molecule has 0 saturated carbocycles. The molecule has 1 heterocycles. The summed E-state index contributed by atoms with van der Waals surface area (Å²) in [5.74, 6) is -0.183. The highest BCUT2D eigenvalue weighted by Gasteiger charge is 2.10. The van der Waals surface area contributed by atoms with Crippen LogP contribution in [-0.4, -0.2) is 21.4 Å². The van der Waals surface area contributed by atoms with Crippen molar-refractivity contribution in [2.45, 2.75) is 6.42 Å². The van der Waals surface area contributed by atoms with Crippen molar-refractivity contribution in [2.75, 3.05) is 10.6 Å². The molecule has 2 aromatic rings. The predicted molar refractivity (Wildman–Crippen MR) is 79.5 cm³/mol. The summed E-state index contributed by atoms with van der Waals surface area (Å²) in [4.78, 5) is 11.9. The minimum absolute atomic E-state index is 0.183. The number of carbonyl (C=O) groups excluding carboxylic acids is 1. The number of halogens is 2. The topological polar surface area (TPSA) is 54.9 Å². The largest absolute Gasteiger partial charge is 0.296 e. The minimum Gasteiger partial charge on any atom is -0.296 e. The van der Waals surface area contributed by atoms with Gasteiger partial charge in [0.05, 0.1) is 0 Å². The van der Waals surface area contributed by atoms with Gasteiger partial charge in [-0.1, -0.05) is 49.3 Å². The lowest BCUT2D eigenvalue weighted by atomic mass is 10.2. The minimum atomic E-state index is -0.183. The van der Waals surface area contributed by atoms with Crippen LogP contribution in [0.25, 0.3) is 0 Å². The van der Waals surface area contributed by atoms with Gasteiger partial charge in [0.2, 0.25) is 5.13 Å². The molecule has 1 N–H and O–H groups in total. The zero-order valence-electron chi connectivity index (χ0n) is 9.19. The summed E-state index contributed by atoms with van der Waals surface area (Å²) in [5, 5.41) is 12.9. The molecule has 0 aliphatic carbocycles. The standard InChI is InChI=1S/C11H9Br2N3OS/c12-5-4-9-15-16-11(18-9)14-10(17)7-2-1-3-8(13)6-7/h1-3,6H,4-5H2,(H,14,16,17). The van der Waals surface area contributed by atoms with E-state index < -0.39 is 0 Å². The molecule has 0 radical (unpaired) electrons. The van der Waals surface area contributed by atoms with Crippen molar-refractivity contribution >= 4 is 54.2 Å². The molecule has 0 aliphatic heterocycles. The van der Waals surface area contributed by atoms with Crippen LogP contribution in [0.1, 0.15) is 15.4 Å². The van der Waals surface area contributed by atoms with Crippen LogP contribution < -0.4 is 5.32 Å². The van der Waals surface area contributed by atoms with Gasteiger partial charge < -0.3 is 0 Å². The fourth-order valence-corrected chi connectivity index (χ4v) is 3.06. The third-order valence-electron chi connectivity index (χ3n) is 2.08. The van der Waals surface area contributed by atoms with Gasteiger partial charge in [0.15, 0.2) is 0 Å². The molecule has 0 aliphatic rings. The summed E-state index contributed by atoms with van der Waals surface area (Å²) in [7, 11) is 0. The lowest BCUT2D eigenvalue weighted by molar-refractivity contribution is 0.102. The van der Waals surface area contributed by atoms with Crippen molar-refractivity contribution in [3.05, 3.63) is 39.3 Å². The molecule has 0 spiro atoms.